The molecule has 0 aromatic carbocycles. The lowest BCUT2D eigenvalue weighted by molar-refractivity contribution is -0.123. The Morgan fingerprint density at radius 1 is 1.41 bits per heavy atom. The molecule has 2 atom stereocenters. The van der Waals surface area contributed by atoms with Gasteiger partial charge in [0, 0.05) is 24.0 Å². The number of carbonyl (C=O) groups excluding carboxylic acids is 1. The van der Waals surface area contributed by atoms with Gasteiger partial charge in [0.05, 0.1) is 0 Å². The standard InChI is InChI=1S/C20H25N5O3S/c1-12(26)18-22-24(19(28)16-9-13-6-8-29-20(13)25(16)18)11-17(27)21-14-3-2-7-23(10-14)15-4-5-15/h6,8-9,12,14-15,26H,2-5,7,10-11H2,1H3,(H,21,27)/t12?,14-/m1/s1. The third kappa shape index (κ3) is 3.47. The predicted molar refractivity (Wildman–Crippen MR) is 111 cm³/mol. The molecule has 4 heterocycles. The molecule has 3 aromatic rings. The minimum absolute atomic E-state index is 0.117. The number of amides is 1. The molecule has 0 radical (unpaired) electrons. The van der Waals surface area contributed by atoms with Crippen LogP contribution in [0.2, 0.25) is 0 Å². The first-order valence-corrected chi connectivity index (χ1v) is 11.1. The lowest BCUT2D eigenvalue weighted by Gasteiger charge is -2.33. The zero-order valence-corrected chi connectivity index (χ0v) is 17.2. The minimum Gasteiger partial charge on any atom is -0.385 e. The largest absolute Gasteiger partial charge is 0.385 e. The maximum absolute atomic E-state index is 13.0. The first kappa shape index (κ1) is 18.8. The molecule has 0 spiro atoms. The average Bonchev–Trinajstić information content (AvgIpc) is 3.33. The highest BCUT2D eigenvalue weighted by Gasteiger charge is 2.33. The summed E-state index contributed by atoms with van der Waals surface area (Å²) in [5, 5.41) is 20.5. The number of nitrogens with one attached hydrogen (secondary N) is 1. The highest BCUT2D eigenvalue weighted by Crippen LogP contribution is 2.29. The second-order valence-electron chi connectivity index (χ2n) is 8.18. The van der Waals surface area contributed by atoms with Crippen molar-refractivity contribution in [2.24, 2.45) is 0 Å². The molecule has 3 aromatic heterocycles. The SMILES string of the molecule is CC(O)c1nn(CC(=O)N[C@@H]2CCCN(C3CC3)C2)c(=O)c2cc3ccsc3n12. The van der Waals surface area contributed by atoms with E-state index < -0.39 is 6.10 Å². The van der Waals surface area contributed by atoms with Crippen LogP contribution in [0, 0.1) is 0 Å². The van der Waals surface area contributed by atoms with Crippen molar-refractivity contribution in [3.05, 3.63) is 33.7 Å². The summed E-state index contributed by atoms with van der Waals surface area (Å²) >= 11 is 1.49. The maximum atomic E-state index is 13.0. The number of likely N-dealkylation sites (tertiary alicyclic amines) is 1. The van der Waals surface area contributed by atoms with Crippen molar-refractivity contribution in [1.29, 1.82) is 0 Å². The van der Waals surface area contributed by atoms with Crippen molar-refractivity contribution in [2.45, 2.75) is 57.3 Å². The molecule has 1 amide bonds. The van der Waals surface area contributed by atoms with Crippen molar-refractivity contribution in [2.75, 3.05) is 13.1 Å². The van der Waals surface area contributed by atoms with Gasteiger partial charge < -0.3 is 10.4 Å². The monoisotopic (exact) mass is 415 g/mol. The maximum Gasteiger partial charge on any atom is 0.291 e. The Hall–Kier alpha value is -2.23. The van der Waals surface area contributed by atoms with Gasteiger partial charge in [-0.05, 0) is 56.7 Å². The van der Waals surface area contributed by atoms with Crippen LogP contribution in [0.3, 0.4) is 0 Å². The van der Waals surface area contributed by atoms with Crippen LogP contribution in [-0.4, -0.2) is 55.3 Å². The number of aliphatic hydroxyl groups is 1. The molecule has 0 bridgehead atoms. The quantitative estimate of drug-likeness (QED) is 0.659. The van der Waals surface area contributed by atoms with Crippen LogP contribution in [-0.2, 0) is 11.3 Å². The van der Waals surface area contributed by atoms with Gasteiger partial charge in [-0.1, -0.05) is 0 Å². The molecule has 1 saturated heterocycles. The summed E-state index contributed by atoms with van der Waals surface area (Å²) in [6.07, 6.45) is 3.70. The number of nitrogens with zero attached hydrogens (tertiary/aromatic N) is 4. The van der Waals surface area contributed by atoms with Crippen LogP contribution in [0.15, 0.2) is 22.3 Å². The molecule has 8 nitrogen and oxygen atoms in total. The molecule has 1 unspecified atom stereocenters. The van der Waals surface area contributed by atoms with Gasteiger partial charge in [-0.25, -0.2) is 4.68 Å². The van der Waals surface area contributed by atoms with Gasteiger partial charge in [0.2, 0.25) is 5.91 Å². The summed E-state index contributed by atoms with van der Waals surface area (Å²) < 4.78 is 2.88. The summed E-state index contributed by atoms with van der Waals surface area (Å²) in [6.45, 7) is 3.46. The molecule has 1 aliphatic heterocycles. The number of aromatic nitrogens is 3. The van der Waals surface area contributed by atoms with E-state index in [1.54, 1.807) is 17.4 Å². The zero-order chi connectivity index (χ0) is 20.1. The van der Waals surface area contributed by atoms with E-state index in [-0.39, 0.29) is 24.1 Å². The predicted octanol–water partition coefficient (Wildman–Crippen LogP) is 1.51. The van der Waals surface area contributed by atoms with E-state index in [1.807, 2.05) is 11.4 Å². The molecule has 5 rings (SSSR count). The third-order valence-corrected chi connectivity index (χ3v) is 6.78. The number of hydrogen-bond acceptors (Lipinski definition) is 6. The topological polar surface area (TPSA) is 91.9 Å². The van der Waals surface area contributed by atoms with Gasteiger partial charge in [0.15, 0.2) is 5.82 Å². The summed E-state index contributed by atoms with van der Waals surface area (Å²) in [4.78, 5) is 29.0. The van der Waals surface area contributed by atoms with E-state index >= 15 is 0 Å². The molecular formula is C20H25N5O3S. The van der Waals surface area contributed by atoms with Gasteiger partial charge >= 0.3 is 0 Å². The van der Waals surface area contributed by atoms with Gasteiger partial charge in [0.1, 0.15) is 23.0 Å². The average molecular weight is 416 g/mol. The summed E-state index contributed by atoms with van der Waals surface area (Å²) in [6, 6.07) is 4.54. The van der Waals surface area contributed by atoms with E-state index in [2.05, 4.69) is 15.3 Å². The summed E-state index contributed by atoms with van der Waals surface area (Å²) in [7, 11) is 0. The molecule has 1 saturated carbocycles. The van der Waals surface area contributed by atoms with Crippen molar-refractivity contribution in [3.8, 4) is 0 Å². The van der Waals surface area contributed by atoms with Gasteiger partial charge in [-0.2, -0.15) is 5.10 Å². The molecule has 29 heavy (non-hydrogen) atoms. The number of aliphatic hydroxyl groups excluding tert-OH is 1. The summed E-state index contributed by atoms with van der Waals surface area (Å²) in [5.74, 6) is 0.152. The van der Waals surface area contributed by atoms with Gasteiger partial charge in [-0.15, -0.1) is 11.3 Å². The summed E-state index contributed by atoms with van der Waals surface area (Å²) in [5.41, 5.74) is 0.110. The van der Waals surface area contributed by atoms with Crippen LogP contribution in [0.25, 0.3) is 15.7 Å². The molecule has 2 N–H and O–H groups in total. The normalized spacial score (nSPS) is 21.7. The number of rotatable bonds is 5. The van der Waals surface area contributed by atoms with Crippen LogP contribution in [0.4, 0.5) is 0 Å². The number of thiophene rings is 1. The van der Waals surface area contributed by atoms with E-state index in [0.29, 0.717) is 17.4 Å². The van der Waals surface area contributed by atoms with Crippen LogP contribution in [0.5, 0.6) is 0 Å². The molecule has 1 aliphatic carbocycles. The third-order valence-electron chi connectivity index (χ3n) is 5.86. The van der Waals surface area contributed by atoms with Crippen molar-refractivity contribution >= 4 is 33.0 Å². The Labute approximate surface area is 171 Å². The number of hydrogen-bond donors (Lipinski definition) is 2. The first-order valence-electron chi connectivity index (χ1n) is 10.2. The fraction of sp³-hybridized carbons (Fsp3) is 0.550. The van der Waals surface area contributed by atoms with Crippen molar-refractivity contribution < 1.29 is 9.90 Å². The molecule has 2 fully saturated rings. The Bertz CT molecular complexity index is 1130. The Morgan fingerprint density at radius 3 is 3.00 bits per heavy atom. The second-order valence-corrected chi connectivity index (χ2v) is 9.07. The van der Waals surface area contributed by atoms with E-state index in [4.69, 9.17) is 0 Å². The van der Waals surface area contributed by atoms with Gasteiger partial charge in [0.25, 0.3) is 5.56 Å². The van der Waals surface area contributed by atoms with Gasteiger partial charge in [-0.3, -0.25) is 18.9 Å². The molecule has 154 valence electrons. The minimum atomic E-state index is -0.865. The fourth-order valence-corrected chi connectivity index (χ4v) is 5.24. The number of fused-ring (bicyclic) bond motifs is 3. The zero-order valence-electron chi connectivity index (χ0n) is 16.4. The van der Waals surface area contributed by atoms with E-state index in [0.717, 1.165) is 36.1 Å². The first-order chi connectivity index (χ1) is 14.0. The number of piperidine rings is 1. The van der Waals surface area contributed by atoms with Crippen molar-refractivity contribution in [1.82, 2.24) is 24.4 Å². The fourth-order valence-electron chi connectivity index (χ4n) is 4.34. The molecular weight excluding hydrogens is 390 g/mol. The van der Waals surface area contributed by atoms with Crippen LogP contribution < -0.4 is 10.9 Å². The molecule has 9 heteroatoms. The Morgan fingerprint density at radius 2 is 2.24 bits per heavy atom. The lowest BCUT2D eigenvalue weighted by Crippen LogP contribution is -2.49. The lowest BCUT2D eigenvalue weighted by atomic mass is 10.1. The molecule has 2 aliphatic rings. The Balaban J connectivity index is 1.40. The highest BCUT2D eigenvalue weighted by molar-refractivity contribution is 7.16. The Kier molecular flexibility index (Phi) is 4.68. The second kappa shape index (κ2) is 7.23. The highest BCUT2D eigenvalue weighted by atomic mass is 32.1. The van der Waals surface area contributed by atoms with E-state index in [9.17, 15) is 14.7 Å². The van der Waals surface area contributed by atoms with Crippen LogP contribution in [0.1, 0.15) is 44.5 Å². The van der Waals surface area contributed by atoms with Crippen LogP contribution >= 0.6 is 11.3 Å². The van der Waals surface area contributed by atoms with Crippen molar-refractivity contribution in [3.63, 3.8) is 0 Å². The smallest absolute Gasteiger partial charge is 0.291 e. The number of carbonyl (C=O) groups is 1. The van der Waals surface area contributed by atoms with E-state index in [1.165, 1.54) is 28.9 Å².